The van der Waals surface area contributed by atoms with Gasteiger partial charge in [0.15, 0.2) is 0 Å². The average Bonchev–Trinajstić information content (AvgIpc) is 2.99. The fourth-order valence-electron chi connectivity index (χ4n) is 2.22. The van der Waals surface area contributed by atoms with Crippen molar-refractivity contribution in [3.05, 3.63) is 34.3 Å². The first-order chi connectivity index (χ1) is 9.80. The van der Waals surface area contributed by atoms with E-state index >= 15 is 0 Å². The fraction of sp³-hybridized carbons (Fsp3) is 0.467. The number of nitrogens with one attached hydrogen (secondary N) is 2. The highest BCUT2D eigenvalue weighted by Gasteiger charge is 2.15. The molecule has 5 heteroatoms. The second kappa shape index (κ2) is 7.24. The van der Waals surface area contributed by atoms with Crippen molar-refractivity contribution >= 4 is 23.0 Å². The van der Waals surface area contributed by atoms with Gasteiger partial charge in [0, 0.05) is 17.0 Å². The predicted molar refractivity (Wildman–Crippen MR) is 86.5 cm³/mol. The summed E-state index contributed by atoms with van der Waals surface area (Å²) in [6.45, 7) is 7.27. The molecule has 2 N–H and O–H groups in total. The second-order valence-corrected chi connectivity index (χ2v) is 5.53. The SMILES string of the molecule is CCNc1ncnc(NC(CC)c2cccs2)c1CC. The molecule has 0 spiro atoms. The summed E-state index contributed by atoms with van der Waals surface area (Å²) >= 11 is 1.78. The quantitative estimate of drug-likeness (QED) is 0.806. The summed E-state index contributed by atoms with van der Waals surface area (Å²) in [6.07, 6.45) is 3.57. The van der Waals surface area contributed by atoms with Gasteiger partial charge >= 0.3 is 0 Å². The Kier molecular flexibility index (Phi) is 5.35. The van der Waals surface area contributed by atoms with Crippen LogP contribution in [0.2, 0.25) is 0 Å². The Bertz CT molecular complexity index is 525. The van der Waals surface area contributed by atoms with E-state index in [1.807, 2.05) is 0 Å². The molecule has 0 bridgehead atoms. The number of nitrogens with zero attached hydrogens (tertiary/aromatic N) is 2. The van der Waals surface area contributed by atoms with Crippen LogP contribution in [0.1, 0.15) is 43.7 Å². The summed E-state index contributed by atoms with van der Waals surface area (Å²) in [6, 6.07) is 4.57. The van der Waals surface area contributed by atoms with E-state index < -0.39 is 0 Å². The lowest BCUT2D eigenvalue weighted by atomic mass is 10.1. The zero-order valence-electron chi connectivity index (χ0n) is 12.3. The minimum absolute atomic E-state index is 0.310. The highest BCUT2D eigenvalue weighted by atomic mass is 32.1. The molecule has 2 aromatic heterocycles. The number of thiophene rings is 1. The van der Waals surface area contributed by atoms with E-state index in [-0.39, 0.29) is 0 Å². The third-order valence-electron chi connectivity index (χ3n) is 3.25. The van der Waals surface area contributed by atoms with E-state index in [1.54, 1.807) is 17.7 Å². The summed E-state index contributed by atoms with van der Waals surface area (Å²) in [5.41, 5.74) is 1.16. The van der Waals surface area contributed by atoms with Gasteiger partial charge in [-0.2, -0.15) is 0 Å². The van der Waals surface area contributed by atoms with Gasteiger partial charge < -0.3 is 10.6 Å². The third kappa shape index (κ3) is 3.28. The van der Waals surface area contributed by atoms with Crippen LogP contribution in [0.15, 0.2) is 23.8 Å². The molecule has 0 fully saturated rings. The number of anilines is 2. The lowest BCUT2D eigenvalue weighted by molar-refractivity contribution is 0.755. The molecule has 1 atom stereocenters. The van der Waals surface area contributed by atoms with Crippen LogP contribution in [0.3, 0.4) is 0 Å². The van der Waals surface area contributed by atoms with Gasteiger partial charge in [0.05, 0.1) is 6.04 Å². The highest BCUT2D eigenvalue weighted by molar-refractivity contribution is 7.10. The molecule has 0 radical (unpaired) electrons. The van der Waals surface area contributed by atoms with Gasteiger partial charge in [-0.05, 0) is 31.2 Å². The van der Waals surface area contributed by atoms with Crippen LogP contribution in [0.25, 0.3) is 0 Å². The maximum atomic E-state index is 4.43. The highest BCUT2D eigenvalue weighted by Crippen LogP contribution is 2.28. The molecule has 2 rings (SSSR count). The average molecular weight is 290 g/mol. The predicted octanol–water partition coefficient (Wildman–Crippen LogP) is 4.10. The summed E-state index contributed by atoms with van der Waals surface area (Å²) in [5.74, 6) is 1.88. The molecule has 0 aliphatic rings. The van der Waals surface area contributed by atoms with E-state index in [0.717, 1.165) is 36.6 Å². The lowest BCUT2D eigenvalue weighted by Gasteiger charge is -2.19. The van der Waals surface area contributed by atoms with E-state index in [0.29, 0.717) is 6.04 Å². The standard InChI is InChI=1S/C15H22N4S/c1-4-11-14(16-6-3)17-10-18-15(11)19-12(5-2)13-8-7-9-20-13/h7-10,12H,4-6H2,1-3H3,(H2,16,17,18,19). The minimum Gasteiger partial charge on any atom is -0.370 e. The van der Waals surface area contributed by atoms with Crippen LogP contribution < -0.4 is 10.6 Å². The van der Waals surface area contributed by atoms with Gasteiger partial charge in [-0.15, -0.1) is 11.3 Å². The van der Waals surface area contributed by atoms with Crippen molar-refractivity contribution in [2.24, 2.45) is 0 Å². The first-order valence-corrected chi connectivity index (χ1v) is 8.05. The van der Waals surface area contributed by atoms with Crippen molar-refractivity contribution in [1.29, 1.82) is 0 Å². The topological polar surface area (TPSA) is 49.8 Å². The normalized spacial score (nSPS) is 12.2. The van der Waals surface area contributed by atoms with E-state index in [1.165, 1.54) is 4.88 Å². The smallest absolute Gasteiger partial charge is 0.135 e. The lowest BCUT2D eigenvalue weighted by Crippen LogP contribution is -2.13. The summed E-state index contributed by atoms with van der Waals surface area (Å²) in [7, 11) is 0. The molecular weight excluding hydrogens is 268 g/mol. The largest absolute Gasteiger partial charge is 0.370 e. The summed E-state index contributed by atoms with van der Waals surface area (Å²) in [4.78, 5) is 10.1. The molecule has 0 saturated heterocycles. The van der Waals surface area contributed by atoms with Crippen molar-refractivity contribution in [2.45, 2.75) is 39.7 Å². The number of hydrogen-bond acceptors (Lipinski definition) is 5. The summed E-state index contributed by atoms with van der Waals surface area (Å²) < 4.78 is 0. The molecule has 2 aromatic rings. The summed E-state index contributed by atoms with van der Waals surface area (Å²) in [5, 5.41) is 8.99. The Morgan fingerprint density at radius 1 is 1.20 bits per heavy atom. The van der Waals surface area contributed by atoms with E-state index in [4.69, 9.17) is 0 Å². The number of aromatic nitrogens is 2. The fourth-order valence-corrected chi connectivity index (χ4v) is 3.08. The third-order valence-corrected chi connectivity index (χ3v) is 4.23. The van der Waals surface area contributed by atoms with Crippen LogP contribution in [0.5, 0.6) is 0 Å². The molecule has 0 amide bonds. The molecule has 4 nitrogen and oxygen atoms in total. The van der Waals surface area contributed by atoms with Gasteiger partial charge in [0.25, 0.3) is 0 Å². The molecule has 20 heavy (non-hydrogen) atoms. The van der Waals surface area contributed by atoms with Gasteiger partial charge in [0.1, 0.15) is 18.0 Å². The van der Waals surface area contributed by atoms with Crippen molar-refractivity contribution in [1.82, 2.24) is 9.97 Å². The van der Waals surface area contributed by atoms with Crippen molar-refractivity contribution < 1.29 is 0 Å². The Balaban J connectivity index is 2.25. The number of hydrogen-bond donors (Lipinski definition) is 2. The van der Waals surface area contributed by atoms with Crippen LogP contribution in [0.4, 0.5) is 11.6 Å². The Hall–Kier alpha value is -1.62. The van der Waals surface area contributed by atoms with Crippen molar-refractivity contribution in [3.63, 3.8) is 0 Å². The molecule has 1 unspecified atom stereocenters. The van der Waals surface area contributed by atoms with Gasteiger partial charge in [0.2, 0.25) is 0 Å². The molecule has 0 aromatic carbocycles. The first kappa shape index (κ1) is 14.8. The molecule has 108 valence electrons. The molecule has 0 aliphatic carbocycles. The zero-order valence-corrected chi connectivity index (χ0v) is 13.1. The van der Waals surface area contributed by atoms with Crippen molar-refractivity contribution in [3.8, 4) is 0 Å². The van der Waals surface area contributed by atoms with Crippen LogP contribution in [0, 0.1) is 0 Å². The van der Waals surface area contributed by atoms with Crippen LogP contribution in [-0.2, 0) is 6.42 Å². The molecule has 0 aliphatic heterocycles. The Morgan fingerprint density at radius 3 is 2.60 bits per heavy atom. The van der Waals surface area contributed by atoms with Gasteiger partial charge in [-0.3, -0.25) is 0 Å². The van der Waals surface area contributed by atoms with Gasteiger partial charge in [-0.25, -0.2) is 9.97 Å². The number of rotatable bonds is 7. The van der Waals surface area contributed by atoms with Crippen LogP contribution in [-0.4, -0.2) is 16.5 Å². The molecule has 0 saturated carbocycles. The maximum Gasteiger partial charge on any atom is 0.135 e. The first-order valence-electron chi connectivity index (χ1n) is 7.17. The maximum absolute atomic E-state index is 4.43. The Labute approximate surface area is 124 Å². The Morgan fingerprint density at radius 2 is 2.00 bits per heavy atom. The second-order valence-electron chi connectivity index (χ2n) is 4.55. The van der Waals surface area contributed by atoms with Gasteiger partial charge in [-0.1, -0.05) is 19.9 Å². The minimum atomic E-state index is 0.310. The van der Waals surface area contributed by atoms with Crippen molar-refractivity contribution in [2.75, 3.05) is 17.2 Å². The molecular formula is C15H22N4S. The zero-order chi connectivity index (χ0) is 14.4. The van der Waals surface area contributed by atoms with Crippen LogP contribution >= 0.6 is 11.3 Å². The van der Waals surface area contributed by atoms with E-state index in [2.05, 4.69) is 58.9 Å². The van der Waals surface area contributed by atoms with E-state index in [9.17, 15) is 0 Å². The molecule has 2 heterocycles. The monoisotopic (exact) mass is 290 g/mol.